The Hall–Kier alpha value is -2.94. The molecule has 0 bridgehead atoms. The number of nitrogens with zero attached hydrogens (tertiary/aromatic N) is 2. The highest BCUT2D eigenvalue weighted by molar-refractivity contribution is 7.99. The summed E-state index contributed by atoms with van der Waals surface area (Å²) in [6.07, 6.45) is 0.886. The van der Waals surface area contributed by atoms with Gasteiger partial charge in [-0.3, -0.25) is 14.2 Å². The van der Waals surface area contributed by atoms with Gasteiger partial charge in [0, 0.05) is 12.1 Å². The van der Waals surface area contributed by atoms with E-state index in [9.17, 15) is 9.59 Å². The lowest BCUT2D eigenvalue weighted by Crippen LogP contribution is -3.08. The number of carbonyl (C=O) groups excluding carboxylic acids is 1. The minimum absolute atomic E-state index is 0.0488. The first-order valence-electron chi connectivity index (χ1n) is 11.3. The van der Waals surface area contributed by atoms with Crippen molar-refractivity contribution in [1.29, 1.82) is 0 Å². The summed E-state index contributed by atoms with van der Waals surface area (Å²) in [4.78, 5) is 34.9. The Labute approximate surface area is 206 Å². The molecule has 1 aliphatic rings. The van der Waals surface area contributed by atoms with Gasteiger partial charge in [0.05, 0.1) is 35.3 Å². The molecule has 174 valence electrons. The number of thioether (sulfide) groups is 1. The van der Waals surface area contributed by atoms with Crippen LogP contribution in [0.1, 0.15) is 21.6 Å². The molecule has 1 aliphatic heterocycles. The minimum Gasteiger partial charge on any atom is -0.333 e. The van der Waals surface area contributed by atoms with Gasteiger partial charge in [0.2, 0.25) is 5.91 Å². The van der Waals surface area contributed by atoms with Crippen molar-refractivity contribution in [1.82, 2.24) is 9.55 Å². The van der Waals surface area contributed by atoms with Crippen LogP contribution in [0.3, 0.4) is 0 Å². The lowest BCUT2D eigenvalue weighted by molar-refractivity contribution is -0.895. The first-order valence-corrected chi connectivity index (χ1v) is 13.1. The number of anilines is 1. The highest BCUT2D eigenvalue weighted by atomic mass is 32.2. The fraction of sp³-hybridized carbons (Fsp3) is 0.269. The Balaban J connectivity index is 1.52. The number of rotatable bonds is 5. The van der Waals surface area contributed by atoms with Crippen molar-refractivity contribution in [3.05, 3.63) is 80.5 Å². The van der Waals surface area contributed by atoms with E-state index in [4.69, 9.17) is 4.98 Å². The third-order valence-corrected chi connectivity index (χ3v) is 8.17. The van der Waals surface area contributed by atoms with Gasteiger partial charge >= 0.3 is 0 Å². The van der Waals surface area contributed by atoms with E-state index in [0.717, 1.165) is 57.8 Å². The molecule has 8 heteroatoms. The van der Waals surface area contributed by atoms with Crippen LogP contribution < -0.4 is 15.8 Å². The Kier molecular flexibility index (Phi) is 6.29. The molecule has 5 rings (SSSR count). The van der Waals surface area contributed by atoms with Crippen molar-refractivity contribution in [3.63, 3.8) is 0 Å². The molecular formula is C26H27N4O2S2+. The topological polar surface area (TPSA) is 68.4 Å². The minimum atomic E-state index is -0.130. The Bertz CT molecular complexity index is 1420. The number of aryl methyl sites for hydroxylation is 2. The summed E-state index contributed by atoms with van der Waals surface area (Å²) in [7, 11) is 2.18. The second kappa shape index (κ2) is 9.37. The fourth-order valence-electron chi connectivity index (χ4n) is 4.22. The summed E-state index contributed by atoms with van der Waals surface area (Å²) in [6.45, 7) is 5.96. The van der Waals surface area contributed by atoms with Crippen molar-refractivity contribution >= 4 is 44.9 Å². The van der Waals surface area contributed by atoms with E-state index in [1.165, 1.54) is 21.5 Å². The average Bonchev–Trinajstić information content (AvgIpc) is 3.17. The van der Waals surface area contributed by atoms with E-state index in [-0.39, 0.29) is 17.2 Å². The molecule has 2 aromatic carbocycles. The zero-order valence-electron chi connectivity index (χ0n) is 19.5. The number of carbonyl (C=O) groups is 1. The fourth-order valence-corrected chi connectivity index (χ4v) is 6.41. The number of benzene rings is 2. The second-order valence-electron chi connectivity index (χ2n) is 8.89. The van der Waals surface area contributed by atoms with Crippen LogP contribution in [-0.2, 0) is 17.8 Å². The molecule has 1 atom stereocenters. The molecule has 1 unspecified atom stereocenters. The maximum atomic E-state index is 13.8. The van der Waals surface area contributed by atoms with Gasteiger partial charge in [0.1, 0.15) is 11.4 Å². The number of fused-ring (bicyclic) bond motifs is 3. The van der Waals surface area contributed by atoms with Gasteiger partial charge in [0.15, 0.2) is 5.16 Å². The van der Waals surface area contributed by atoms with Crippen LogP contribution in [-0.4, -0.2) is 34.8 Å². The zero-order valence-corrected chi connectivity index (χ0v) is 21.1. The van der Waals surface area contributed by atoms with Gasteiger partial charge in [0.25, 0.3) is 5.56 Å². The monoisotopic (exact) mass is 491 g/mol. The predicted molar refractivity (Wildman–Crippen MR) is 140 cm³/mol. The van der Waals surface area contributed by atoms with Crippen molar-refractivity contribution in [2.24, 2.45) is 0 Å². The lowest BCUT2D eigenvalue weighted by Gasteiger charge is -2.19. The lowest BCUT2D eigenvalue weighted by atomic mass is 10.1. The van der Waals surface area contributed by atoms with E-state index in [0.29, 0.717) is 5.16 Å². The number of nitrogens with one attached hydrogen (secondary N) is 2. The van der Waals surface area contributed by atoms with Crippen molar-refractivity contribution in [2.75, 3.05) is 24.7 Å². The number of aromatic nitrogens is 2. The van der Waals surface area contributed by atoms with Gasteiger partial charge in [-0.05, 0) is 43.7 Å². The molecule has 0 saturated carbocycles. The van der Waals surface area contributed by atoms with Crippen LogP contribution in [0.25, 0.3) is 15.9 Å². The smallest absolute Gasteiger partial charge is 0.267 e. The van der Waals surface area contributed by atoms with Crippen molar-refractivity contribution in [3.8, 4) is 5.69 Å². The van der Waals surface area contributed by atoms with Gasteiger partial charge in [-0.15, -0.1) is 11.3 Å². The second-order valence-corrected chi connectivity index (χ2v) is 10.9. The van der Waals surface area contributed by atoms with Gasteiger partial charge in [-0.1, -0.05) is 47.2 Å². The zero-order chi connectivity index (χ0) is 23.8. The van der Waals surface area contributed by atoms with Crippen LogP contribution in [0.4, 0.5) is 5.69 Å². The molecule has 0 spiro atoms. The molecule has 34 heavy (non-hydrogen) atoms. The molecule has 4 aromatic rings. The van der Waals surface area contributed by atoms with E-state index >= 15 is 0 Å². The SMILES string of the molecule is Cc1ccc(NC(=O)CSc2nc3sc4c(c3c(=O)n2-c2ccc(C)cc2)CC[NH+](C)C4)cc1. The molecule has 3 heterocycles. The van der Waals surface area contributed by atoms with Gasteiger partial charge in [-0.2, -0.15) is 0 Å². The summed E-state index contributed by atoms with van der Waals surface area (Å²) in [5.74, 6) is 0.0321. The maximum Gasteiger partial charge on any atom is 0.267 e. The highest BCUT2D eigenvalue weighted by Crippen LogP contribution is 2.31. The standard InChI is InChI=1S/C26H26N4O2S2/c1-16-4-8-18(9-5-16)27-22(31)15-33-26-28-24-23(20-12-13-29(3)14-21(20)34-24)25(32)30(26)19-10-6-17(2)7-11-19/h4-11H,12-15H2,1-3H3,(H,27,31)/p+1. The first kappa shape index (κ1) is 22.8. The number of hydrogen-bond donors (Lipinski definition) is 2. The molecule has 1 amide bonds. The highest BCUT2D eigenvalue weighted by Gasteiger charge is 2.26. The maximum absolute atomic E-state index is 13.8. The Morgan fingerprint density at radius 1 is 1.12 bits per heavy atom. The largest absolute Gasteiger partial charge is 0.333 e. The van der Waals surface area contributed by atoms with E-state index < -0.39 is 0 Å². The Morgan fingerprint density at radius 3 is 2.50 bits per heavy atom. The first-order chi connectivity index (χ1) is 16.4. The summed E-state index contributed by atoms with van der Waals surface area (Å²) < 4.78 is 1.67. The van der Waals surface area contributed by atoms with Crippen molar-refractivity contribution < 1.29 is 9.69 Å². The number of amides is 1. The van der Waals surface area contributed by atoms with E-state index in [1.807, 2.05) is 62.4 Å². The van der Waals surface area contributed by atoms with Crippen LogP contribution in [0.2, 0.25) is 0 Å². The predicted octanol–water partition coefficient (Wildman–Crippen LogP) is 3.37. The molecule has 2 N–H and O–H groups in total. The summed E-state index contributed by atoms with van der Waals surface area (Å²) in [5.41, 5.74) is 4.89. The quantitative estimate of drug-likeness (QED) is 0.332. The Morgan fingerprint density at radius 2 is 1.79 bits per heavy atom. The van der Waals surface area contributed by atoms with E-state index in [2.05, 4.69) is 12.4 Å². The van der Waals surface area contributed by atoms with Crippen LogP contribution >= 0.6 is 23.1 Å². The van der Waals surface area contributed by atoms with Gasteiger partial charge < -0.3 is 10.2 Å². The number of hydrogen-bond acceptors (Lipinski definition) is 5. The summed E-state index contributed by atoms with van der Waals surface area (Å²) in [6, 6.07) is 15.6. The summed E-state index contributed by atoms with van der Waals surface area (Å²) in [5, 5.41) is 4.21. The van der Waals surface area contributed by atoms with Crippen LogP contribution in [0.15, 0.2) is 58.5 Å². The van der Waals surface area contributed by atoms with Crippen molar-refractivity contribution in [2.45, 2.75) is 32.0 Å². The summed E-state index contributed by atoms with van der Waals surface area (Å²) >= 11 is 2.91. The number of thiophene rings is 1. The molecule has 0 saturated heterocycles. The van der Waals surface area contributed by atoms with Crippen LogP contribution in [0.5, 0.6) is 0 Å². The molecule has 0 aliphatic carbocycles. The molecule has 6 nitrogen and oxygen atoms in total. The molecule has 0 radical (unpaired) electrons. The van der Waals surface area contributed by atoms with E-state index in [1.54, 1.807) is 15.9 Å². The molecule has 0 fully saturated rings. The van der Waals surface area contributed by atoms with Crippen LogP contribution in [0, 0.1) is 13.8 Å². The number of quaternary nitrogens is 1. The molecule has 2 aromatic heterocycles. The third-order valence-electron chi connectivity index (χ3n) is 6.10. The average molecular weight is 492 g/mol. The third kappa shape index (κ3) is 4.53. The number of likely N-dealkylation sites (N-methyl/N-ethyl adjacent to an activating group) is 1. The van der Waals surface area contributed by atoms with Gasteiger partial charge in [-0.25, -0.2) is 4.98 Å². The normalized spacial score (nSPS) is 15.3. The molecular weight excluding hydrogens is 464 g/mol.